The zero-order valence-electron chi connectivity index (χ0n) is 16.8. The summed E-state index contributed by atoms with van der Waals surface area (Å²) < 4.78 is 15.5. The summed E-state index contributed by atoms with van der Waals surface area (Å²) in [4.78, 5) is 24.5. The largest absolute Gasteiger partial charge is 0.493 e. The van der Waals surface area contributed by atoms with Crippen LogP contribution in [0, 0.1) is 12.3 Å². The number of carbonyl (C=O) groups excluding carboxylic acids is 2. The number of rotatable bonds is 6. The van der Waals surface area contributed by atoms with Gasteiger partial charge in [0.15, 0.2) is 11.5 Å². The van der Waals surface area contributed by atoms with Crippen LogP contribution in [0.15, 0.2) is 53.1 Å². The molecule has 0 spiro atoms. The van der Waals surface area contributed by atoms with E-state index in [4.69, 9.17) is 15.9 Å². The number of esters is 1. The highest BCUT2D eigenvalue weighted by Crippen LogP contribution is 2.30. The van der Waals surface area contributed by atoms with Crippen molar-refractivity contribution in [3.63, 3.8) is 0 Å². The molecule has 0 fully saturated rings. The van der Waals surface area contributed by atoms with Gasteiger partial charge in [-0.15, -0.1) is 6.42 Å². The van der Waals surface area contributed by atoms with Gasteiger partial charge in [-0.3, -0.25) is 4.79 Å². The van der Waals surface area contributed by atoms with Crippen LogP contribution in [-0.4, -0.2) is 38.4 Å². The molecular weight excluding hydrogens is 384 g/mol. The van der Waals surface area contributed by atoms with Crippen LogP contribution < -0.4 is 14.5 Å². The van der Waals surface area contributed by atoms with Gasteiger partial charge in [0.25, 0.3) is 5.91 Å². The van der Waals surface area contributed by atoms with Crippen LogP contribution in [0.3, 0.4) is 0 Å². The summed E-state index contributed by atoms with van der Waals surface area (Å²) >= 11 is 0. The van der Waals surface area contributed by atoms with Crippen LogP contribution in [0.1, 0.15) is 22.8 Å². The standard InChI is InChI=1S/C23H20N2O5/c1-5-12-30-20-11-6-16(14-21(20)28-3)13-19-15(2)24-25(22(19)26)18-9-7-17(8-10-18)23(27)29-4/h1,6-11,13-14H,12H2,2-4H3/b19-13+. The van der Waals surface area contributed by atoms with Gasteiger partial charge in [0.1, 0.15) is 6.61 Å². The molecular formula is C23H20N2O5. The topological polar surface area (TPSA) is 77.4 Å². The monoisotopic (exact) mass is 404 g/mol. The van der Waals surface area contributed by atoms with E-state index in [-0.39, 0.29) is 12.5 Å². The third-order valence-electron chi connectivity index (χ3n) is 4.41. The zero-order chi connectivity index (χ0) is 21.7. The SMILES string of the molecule is C#CCOc1ccc(/C=C2/C(=O)N(c3ccc(C(=O)OC)cc3)N=C2C)cc1OC. The van der Waals surface area contributed by atoms with E-state index in [1.165, 1.54) is 19.2 Å². The molecule has 0 radical (unpaired) electrons. The van der Waals surface area contributed by atoms with Gasteiger partial charge in [-0.2, -0.15) is 10.1 Å². The summed E-state index contributed by atoms with van der Waals surface area (Å²) in [6, 6.07) is 11.7. The van der Waals surface area contributed by atoms with Gasteiger partial charge >= 0.3 is 5.97 Å². The number of methoxy groups -OCH3 is 2. The average Bonchev–Trinajstić information content (AvgIpc) is 3.05. The molecule has 1 heterocycles. The van der Waals surface area contributed by atoms with Crippen LogP contribution in [0.2, 0.25) is 0 Å². The summed E-state index contributed by atoms with van der Waals surface area (Å²) in [5.74, 6) is 2.72. The molecule has 0 aromatic heterocycles. The first-order valence-corrected chi connectivity index (χ1v) is 9.03. The van der Waals surface area contributed by atoms with Crippen molar-refractivity contribution in [2.24, 2.45) is 5.10 Å². The van der Waals surface area contributed by atoms with E-state index in [1.807, 2.05) is 0 Å². The Kier molecular flexibility index (Phi) is 6.18. The molecule has 2 aromatic carbocycles. The van der Waals surface area contributed by atoms with Crippen molar-refractivity contribution in [2.45, 2.75) is 6.92 Å². The van der Waals surface area contributed by atoms with E-state index in [9.17, 15) is 9.59 Å². The van der Waals surface area contributed by atoms with Crippen molar-refractivity contribution < 1.29 is 23.8 Å². The van der Waals surface area contributed by atoms with Crippen LogP contribution in [0.4, 0.5) is 5.69 Å². The van der Waals surface area contributed by atoms with E-state index in [0.717, 1.165) is 5.56 Å². The molecule has 0 unspecified atom stereocenters. The third-order valence-corrected chi connectivity index (χ3v) is 4.41. The molecule has 0 saturated carbocycles. The number of ether oxygens (including phenoxy) is 3. The molecule has 1 aliphatic heterocycles. The summed E-state index contributed by atoms with van der Waals surface area (Å²) in [6.07, 6.45) is 6.96. The second-order valence-corrected chi connectivity index (χ2v) is 6.30. The van der Waals surface area contributed by atoms with Gasteiger partial charge < -0.3 is 14.2 Å². The summed E-state index contributed by atoms with van der Waals surface area (Å²) in [7, 11) is 2.84. The molecule has 7 nitrogen and oxygen atoms in total. The van der Waals surface area contributed by atoms with Crippen molar-refractivity contribution in [1.82, 2.24) is 0 Å². The summed E-state index contributed by atoms with van der Waals surface area (Å²) in [5, 5.41) is 5.65. The fraction of sp³-hybridized carbons (Fsp3) is 0.174. The van der Waals surface area contributed by atoms with E-state index < -0.39 is 5.97 Å². The van der Waals surface area contributed by atoms with E-state index >= 15 is 0 Å². The maximum absolute atomic E-state index is 12.9. The molecule has 7 heteroatoms. The highest BCUT2D eigenvalue weighted by atomic mass is 16.5. The van der Waals surface area contributed by atoms with Crippen molar-refractivity contribution in [3.05, 3.63) is 59.2 Å². The third kappa shape index (κ3) is 4.18. The predicted molar refractivity (Wildman–Crippen MR) is 114 cm³/mol. The van der Waals surface area contributed by atoms with Gasteiger partial charge in [0.2, 0.25) is 0 Å². The van der Waals surface area contributed by atoms with Crippen molar-refractivity contribution in [2.75, 3.05) is 25.8 Å². The zero-order valence-corrected chi connectivity index (χ0v) is 16.8. The lowest BCUT2D eigenvalue weighted by Gasteiger charge is -2.12. The Bertz CT molecular complexity index is 1080. The van der Waals surface area contributed by atoms with Crippen LogP contribution in [0.25, 0.3) is 6.08 Å². The molecule has 0 atom stereocenters. The molecule has 1 amide bonds. The molecule has 30 heavy (non-hydrogen) atoms. The maximum atomic E-state index is 12.9. The Hall–Kier alpha value is -4.05. The smallest absolute Gasteiger partial charge is 0.337 e. The Balaban J connectivity index is 1.86. The Morgan fingerprint density at radius 3 is 2.53 bits per heavy atom. The second-order valence-electron chi connectivity index (χ2n) is 6.30. The highest BCUT2D eigenvalue weighted by Gasteiger charge is 2.29. The highest BCUT2D eigenvalue weighted by molar-refractivity contribution is 6.32. The number of amides is 1. The lowest BCUT2D eigenvalue weighted by molar-refractivity contribution is -0.114. The fourth-order valence-electron chi connectivity index (χ4n) is 2.90. The van der Waals surface area contributed by atoms with Crippen LogP contribution in [-0.2, 0) is 9.53 Å². The minimum Gasteiger partial charge on any atom is -0.493 e. The molecule has 0 bridgehead atoms. The minimum atomic E-state index is -0.446. The first-order valence-electron chi connectivity index (χ1n) is 9.03. The van der Waals surface area contributed by atoms with Gasteiger partial charge in [-0.25, -0.2) is 4.79 Å². The first-order chi connectivity index (χ1) is 14.5. The normalized spacial score (nSPS) is 14.3. The Morgan fingerprint density at radius 1 is 1.17 bits per heavy atom. The van der Waals surface area contributed by atoms with E-state index in [0.29, 0.717) is 34.0 Å². The molecule has 1 aliphatic rings. The first kappa shape index (κ1) is 20.7. The number of terminal acetylenes is 1. The van der Waals surface area contributed by atoms with Gasteiger partial charge in [-0.05, 0) is 55.0 Å². The van der Waals surface area contributed by atoms with Gasteiger partial charge in [0.05, 0.1) is 36.8 Å². The number of hydrogen-bond acceptors (Lipinski definition) is 6. The number of benzene rings is 2. The maximum Gasteiger partial charge on any atom is 0.337 e. The van der Waals surface area contributed by atoms with Crippen molar-refractivity contribution in [1.29, 1.82) is 0 Å². The van der Waals surface area contributed by atoms with Gasteiger partial charge in [0, 0.05) is 0 Å². The van der Waals surface area contributed by atoms with E-state index in [1.54, 1.807) is 55.5 Å². The molecule has 0 N–H and O–H groups in total. The molecule has 0 saturated heterocycles. The number of hydrazone groups is 1. The van der Waals surface area contributed by atoms with Crippen LogP contribution >= 0.6 is 0 Å². The Morgan fingerprint density at radius 2 is 1.90 bits per heavy atom. The second kappa shape index (κ2) is 8.97. The van der Waals surface area contributed by atoms with Crippen LogP contribution in [0.5, 0.6) is 11.5 Å². The number of anilines is 1. The van der Waals surface area contributed by atoms with E-state index in [2.05, 4.69) is 15.8 Å². The van der Waals surface area contributed by atoms with Crippen molar-refractivity contribution >= 4 is 29.4 Å². The lowest BCUT2D eigenvalue weighted by Crippen LogP contribution is -2.21. The van der Waals surface area contributed by atoms with Crippen molar-refractivity contribution in [3.8, 4) is 23.8 Å². The quantitative estimate of drug-likeness (QED) is 0.419. The van der Waals surface area contributed by atoms with Gasteiger partial charge in [-0.1, -0.05) is 12.0 Å². The molecule has 152 valence electrons. The molecule has 2 aromatic rings. The number of hydrogen-bond donors (Lipinski definition) is 0. The predicted octanol–water partition coefficient (Wildman–Crippen LogP) is 3.30. The average molecular weight is 404 g/mol. The lowest BCUT2D eigenvalue weighted by atomic mass is 10.1. The molecule has 0 aliphatic carbocycles. The number of carbonyl (C=O) groups is 2. The fourth-order valence-corrected chi connectivity index (χ4v) is 2.90. The molecule has 3 rings (SSSR count). The summed E-state index contributed by atoms with van der Waals surface area (Å²) in [5.41, 5.74) is 2.71. The number of nitrogens with zero attached hydrogens (tertiary/aromatic N) is 2. The minimum absolute atomic E-state index is 0.130. The summed E-state index contributed by atoms with van der Waals surface area (Å²) in [6.45, 7) is 1.89. The Labute approximate surface area is 174 Å².